The Kier molecular flexibility index (Phi) is 6.29. The lowest BCUT2D eigenvalue weighted by Crippen LogP contribution is -2.10. The molecule has 5 nitrogen and oxygen atoms in total. The molecule has 2 N–H and O–H groups in total. The standard InChI is InChI=1S/C8H9NO2.C8H7NO/c1-11-7-4-2-6(3-5-7)8(9)10;1-10-8-4-2-7(6-9)3-5-8/h2-5H,1H3,(H2,9,10);2-5H,1H3. The van der Waals surface area contributed by atoms with Crippen LogP contribution in [0.5, 0.6) is 11.5 Å². The van der Waals surface area contributed by atoms with Crippen LogP contribution in [0.3, 0.4) is 0 Å². The topological polar surface area (TPSA) is 85.3 Å². The number of carbonyl (C=O) groups excluding carboxylic acids is 1. The predicted octanol–water partition coefficient (Wildman–Crippen LogP) is 2.36. The summed E-state index contributed by atoms with van der Waals surface area (Å²) in [6, 6.07) is 15.6. The van der Waals surface area contributed by atoms with E-state index in [9.17, 15) is 4.79 Å². The highest BCUT2D eigenvalue weighted by Crippen LogP contribution is 2.10. The zero-order valence-corrected chi connectivity index (χ0v) is 11.9. The van der Waals surface area contributed by atoms with Crippen LogP contribution in [-0.4, -0.2) is 20.1 Å². The van der Waals surface area contributed by atoms with Gasteiger partial charge in [0.1, 0.15) is 11.5 Å². The van der Waals surface area contributed by atoms with Crippen molar-refractivity contribution in [2.45, 2.75) is 0 Å². The van der Waals surface area contributed by atoms with Gasteiger partial charge in [0.15, 0.2) is 0 Å². The minimum absolute atomic E-state index is 0.423. The second-order valence-corrected chi connectivity index (χ2v) is 3.93. The van der Waals surface area contributed by atoms with E-state index in [0.29, 0.717) is 11.1 Å². The normalized spacial score (nSPS) is 8.81. The second-order valence-electron chi connectivity index (χ2n) is 3.93. The van der Waals surface area contributed by atoms with E-state index < -0.39 is 5.91 Å². The van der Waals surface area contributed by atoms with Gasteiger partial charge in [-0.15, -0.1) is 0 Å². The van der Waals surface area contributed by atoms with Crippen molar-refractivity contribution in [1.82, 2.24) is 0 Å². The molecule has 1 amide bonds. The monoisotopic (exact) mass is 284 g/mol. The van der Waals surface area contributed by atoms with Crippen LogP contribution >= 0.6 is 0 Å². The molecule has 0 aliphatic carbocycles. The van der Waals surface area contributed by atoms with Crippen LogP contribution in [0.2, 0.25) is 0 Å². The summed E-state index contributed by atoms with van der Waals surface area (Å²) in [6.07, 6.45) is 0. The van der Waals surface area contributed by atoms with Crippen molar-refractivity contribution >= 4 is 5.91 Å². The maximum atomic E-state index is 10.6. The Morgan fingerprint density at radius 2 is 1.38 bits per heavy atom. The molecule has 2 aromatic rings. The molecule has 2 rings (SSSR count). The summed E-state index contributed by atoms with van der Waals surface area (Å²) in [7, 11) is 3.17. The molecule has 0 heterocycles. The van der Waals surface area contributed by atoms with Gasteiger partial charge in [0.2, 0.25) is 5.91 Å². The molecule has 21 heavy (non-hydrogen) atoms. The Labute approximate surface area is 123 Å². The van der Waals surface area contributed by atoms with Gasteiger partial charge in [0, 0.05) is 5.56 Å². The summed E-state index contributed by atoms with van der Waals surface area (Å²) in [5.41, 5.74) is 6.17. The first-order valence-electron chi connectivity index (χ1n) is 6.08. The average molecular weight is 284 g/mol. The Morgan fingerprint density at radius 3 is 1.71 bits per heavy atom. The molecule has 0 saturated carbocycles. The maximum Gasteiger partial charge on any atom is 0.248 e. The number of nitrogens with two attached hydrogens (primary N) is 1. The van der Waals surface area contributed by atoms with E-state index >= 15 is 0 Å². The van der Waals surface area contributed by atoms with Crippen LogP contribution in [0, 0.1) is 11.3 Å². The van der Waals surface area contributed by atoms with Crippen molar-refractivity contribution in [3.8, 4) is 17.6 Å². The van der Waals surface area contributed by atoms with E-state index in [0.717, 1.165) is 11.5 Å². The Bertz CT molecular complexity index is 613. The molecule has 0 unspecified atom stereocenters. The molecule has 0 radical (unpaired) electrons. The van der Waals surface area contributed by atoms with Crippen molar-refractivity contribution in [2.75, 3.05) is 14.2 Å². The number of rotatable bonds is 3. The average Bonchev–Trinajstić information content (AvgIpc) is 2.55. The highest BCUT2D eigenvalue weighted by atomic mass is 16.5. The number of amides is 1. The quantitative estimate of drug-likeness (QED) is 0.937. The van der Waals surface area contributed by atoms with Crippen molar-refractivity contribution in [3.63, 3.8) is 0 Å². The van der Waals surface area contributed by atoms with Crippen molar-refractivity contribution in [1.29, 1.82) is 5.26 Å². The van der Waals surface area contributed by atoms with E-state index in [1.54, 1.807) is 62.8 Å². The number of primary amides is 1. The van der Waals surface area contributed by atoms with Gasteiger partial charge in [-0.05, 0) is 48.5 Å². The molecular formula is C16H16N2O3. The largest absolute Gasteiger partial charge is 0.497 e. The van der Waals surface area contributed by atoms with Crippen molar-refractivity contribution in [2.24, 2.45) is 5.73 Å². The van der Waals surface area contributed by atoms with E-state index in [-0.39, 0.29) is 0 Å². The van der Waals surface area contributed by atoms with Gasteiger partial charge in [0.25, 0.3) is 0 Å². The summed E-state index contributed by atoms with van der Waals surface area (Å²) < 4.78 is 9.80. The fraction of sp³-hybridized carbons (Fsp3) is 0.125. The van der Waals surface area contributed by atoms with E-state index in [1.807, 2.05) is 6.07 Å². The highest BCUT2D eigenvalue weighted by Gasteiger charge is 1.98. The lowest BCUT2D eigenvalue weighted by atomic mass is 10.2. The van der Waals surface area contributed by atoms with E-state index in [4.69, 9.17) is 20.5 Å². The smallest absolute Gasteiger partial charge is 0.248 e. The molecule has 0 aliphatic heterocycles. The van der Waals surface area contributed by atoms with Crippen LogP contribution in [0.1, 0.15) is 15.9 Å². The summed E-state index contributed by atoms with van der Waals surface area (Å²) in [5.74, 6) is 1.07. The van der Waals surface area contributed by atoms with Crippen LogP contribution in [0.4, 0.5) is 0 Å². The number of benzene rings is 2. The van der Waals surface area contributed by atoms with Crippen LogP contribution < -0.4 is 15.2 Å². The molecule has 0 aliphatic rings. The summed E-state index contributed by atoms with van der Waals surface area (Å²) >= 11 is 0. The third-order valence-corrected chi connectivity index (χ3v) is 2.59. The van der Waals surface area contributed by atoms with Gasteiger partial charge >= 0.3 is 0 Å². The number of nitriles is 1. The number of hydrogen-bond acceptors (Lipinski definition) is 4. The molecule has 0 bridgehead atoms. The maximum absolute atomic E-state index is 10.6. The number of carbonyl (C=O) groups is 1. The molecule has 108 valence electrons. The molecule has 2 aromatic carbocycles. The third kappa shape index (κ3) is 5.25. The highest BCUT2D eigenvalue weighted by molar-refractivity contribution is 5.92. The minimum Gasteiger partial charge on any atom is -0.497 e. The molecule has 0 aromatic heterocycles. The third-order valence-electron chi connectivity index (χ3n) is 2.59. The van der Waals surface area contributed by atoms with Crippen molar-refractivity contribution in [3.05, 3.63) is 59.7 Å². The first-order valence-corrected chi connectivity index (χ1v) is 6.08. The molecule has 0 spiro atoms. The van der Waals surface area contributed by atoms with Gasteiger partial charge in [-0.2, -0.15) is 5.26 Å². The van der Waals surface area contributed by atoms with Gasteiger partial charge in [-0.3, -0.25) is 4.79 Å². The first kappa shape index (κ1) is 16.1. The molecule has 5 heteroatoms. The van der Waals surface area contributed by atoms with Gasteiger partial charge in [-0.1, -0.05) is 0 Å². The SMILES string of the molecule is COc1ccc(C#N)cc1.COc1ccc(C(N)=O)cc1. The lowest BCUT2D eigenvalue weighted by Gasteiger charge is -1.98. The van der Waals surface area contributed by atoms with Gasteiger partial charge in [-0.25, -0.2) is 0 Å². The Morgan fingerprint density at radius 1 is 0.952 bits per heavy atom. The fourth-order valence-corrected chi connectivity index (χ4v) is 1.42. The number of ether oxygens (including phenoxy) is 2. The Balaban J connectivity index is 0.000000211. The summed E-state index contributed by atoms with van der Waals surface area (Å²) in [4.78, 5) is 10.6. The predicted molar refractivity (Wildman–Crippen MR) is 79.2 cm³/mol. The number of methoxy groups -OCH3 is 2. The number of nitrogens with zero attached hydrogens (tertiary/aromatic N) is 1. The first-order chi connectivity index (χ1) is 10.1. The van der Waals surface area contributed by atoms with E-state index in [2.05, 4.69) is 0 Å². The molecular weight excluding hydrogens is 268 g/mol. The van der Waals surface area contributed by atoms with Crippen LogP contribution in [-0.2, 0) is 0 Å². The minimum atomic E-state index is -0.423. The molecule has 0 fully saturated rings. The van der Waals surface area contributed by atoms with Gasteiger partial charge in [0.05, 0.1) is 25.9 Å². The van der Waals surface area contributed by atoms with Crippen LogP contribution in [0.15, 0.2) is 48.5 Å². The fourth-order valence-electron chi connectivity index (χ4n) is 1.42. The summed E-state index contributed by atoms with van der Waals surface area (Å²) in [5, 5.41) is 8.41. The Hall–Kier alpha value is -3.00. The van der Waals surface area contributed by atoms with Crippen LogP contribution in [0.25, 0.3) is 0 Å². The zero-order valence-electron chi connectivity index (χ0n) is 11.9. The zero-order chi connectivity index (χ0) is 15.7. The van der Waals surface area contributed by atoms with Crippen molar-refractivity contribution < 1.29 is 14.3 Å². The molecule has 0 saturated heterocycles. The van der Waals surface area contributed by atoms with E-state index in [1.165, 1.54) is 0 Å². The summed E-state index contributed by atoms with van der Waals surface area (Å²) in [6.45, 7) is 0. The molecule has 0 atom stereocenters. The second kappa shape index (κ2) is 8.23. The number of hydrogen-bond donors (Lipinski definition) is 1. The lowest BCUT2D eigenvalue weighted by molar-refractivity contribution is 0.100. The van der Waals surface area contributed by atoms with Gasteiger partial charge < -0.3 is 15.2 Å².